The lowest BCUT2D eigenvalue weighted by Crippen LogP contribution is -2.11. The minimum atomic E-state index is 0.706. The first-order valence-corrected chi connectivity index (χ1v) is 7.18. The fraction of sp³-hybridized carbons (Fsp3) is 0.273. The van der Waals surface area contributed by atoms with Crippen molar-refractivity contribution in [2.75, 3.05) is 6.54 Å². The molecule has 0 amide bonds. The Morgan fingerprint density at radius 2 is 2.24 bits per heavy atom. The lowest BCUT2D eigenvalue weighted by atomic mass is 10.2. The van der Waals surface area contributed by atoms with E-state index in [-0.39, 0.29) is 0 Å². The molecule has 6 heteroatoms. The Labute approximate surface area is 117 Å². The molecule has 1 aromatic heterocycles. The summed E-state index contributed by atoms with van der Waals surface area (Å²) in [6.45, 7) is 3.76. The maximum Gasteiger partial charge on any atom is 0.148 e. The Morgan fingerprint density at radius 1 is 1.41 bits per heavy atom. The van der Waals surface area contributed by atoms with Crippen molar-refractivity contribution in [3.8, 4) is 10.6 Å². The van der Waals surface area contributed by atoms with Crippen molar-refractivity contribution in [2.24, 2.45) is 0 Å². The molecular formula is C11H11BrClN3S. The third-order valence-corrected chi connectivity index (χ3v) is 4.00. The van der Waals surface area contributed by atoms with E-state index >= 15 is 0 Å². The average Bonchev–Trinajstić information content (AvgIpc) is 2.75. The summed E-state index contributed by atoms with van der Waals surface area (Å²) < 4.78 is 0.941. The van der Waals surface area contributed by atoms with Crippen molar-refractivity contribution in [2.45, 2.75) is 13.5 Å². The van der Waals surface area contributed by atoms with E-state index in [0.717, 1.165) is 33.1 Å². The topological polar surface area (TPSA) is 37.8 Å². The van der Waals surface area contributed by atoms with Crippen LogP contribution in [0.2, 0.25) is 5.02 Å². The molecule has 1 heterocycles. The van der Waals surface area contributed by atoms with Crippen LogP contribution < -0.4 is 5.32 Å². The Morgan fingerprint density at radius 3 is 2.94 bits per heavy atom. The van der Waals surface area contributed by atoms with Gasteiger partial charge in [0.25, 0.3) is 0 Å². The van der Waals surface area contributed by atoms with Crippen LogP contribution in [-0.2, 0) is 6.54 Å². The van der Waals surface area contributed by atoms with Crippen LogP contribution in [0.4, 0.5) is 0 Å². The van der Waals surface area contributed by atoms with E-state index in [2.05, 4.69) is 38.4 Å². The van der Waals surface area contributed by atoms with Crippen LogP contribution in [0.1, 0.15) is 11.9 Å². The quantitative estimate of drug-likeness (QED) is 0.927. The maximum absolute atomic E-state index is 5.91. The second kappa shape index (κ2) is 5.91. The van der Waals surface area contributed by atoms with Crippen LogP contribution in [0.5, 0.6) is 0 Å². The molecule has 0 aliphatic heterocycles. The SMILES string of the molecule is CCNCc1nnc(-c2ccc(Cl)cc2Br)s1. The van der Waals surface area contributed by atoms with Crippen LogP contribution in [0, 0.1) is 0 Å². The highest BCUT2D eigenvalue weighted by Crippen LogP contribution is 2.32. The van der Waals surface area contributed by atoms with Crippen LogP contribution in [-0.4, -0.2) is 16.7 Å². The summed E-state index contributed by atoms with van der Waals surface area (Å²) in [6, 6.07) is 5.67. The van der Waals surface area contributed by atoms with Crippen molar-refractivity contribution >= 4 is 38.9 Å². The molecule has 0 aliphatic rings. The number of nitrogens with one attached hydrogen (secondary N) is 1. The minimum Gasteiger partial charge on any atom is -0.311 e. The van der Waals surface area contributed by atoms with Crippen molar-refractivity contribution in [3.05, 3.63) is 32.7 Å². The summed E-state index contributed by atoms with van der Waals surface area (Å²) in [7, 11) is 0. The molecule has 0 bridgehead atoms. The second-order valence-corrected chi connectivity index (χ2v) is 5.76. The van der Waals surface area contributed by atoms with Gasteiger partial charge in [0.1, 0.15) is 10.0 Å². The molecule has 0 atom stereocenters. The third kappa shape index (κ3) is 3.25. The molecule has 0 spiro atoms. The van der Waals surface area contributed by atoms with Gasteiger partial charge in [-0.2, -0.15) is 0 Å². The van der Waals surface area contributed by atoms with Gasteiger partial charge in [0, 0.05) is 21.6 Å². The van der Waals surface area contributed by atoms with E-state index in [1.807, 2.05) is 18.2 Å². The minimum absolute atomic E-state index is 0.706. The van der Waals surface area contributed by atoms with Crippen LogP contribution in [0.25, 0.3) is 10.6 Å². The molecule has 3 nitrogen and oxygen atoms in total. The van der Waals surface area contributed by atoms with Crippen LogP contribution in [0.3, 0.4) is 0 Å². The fourth-order valence-electron chi connectivity index (χ4n) is 1.33. The van der Waals surface area contributed by atoms with E-state index in [0.29, 0.717) is 5.02 Å². The molecular weight excluding hydrogens is 322 g/mol. The van der Waals surface area contributed by atoms with Gasteiger partial charge in [-0.1, -0.05) is 45.8 Å². The summed E-state index contributed by atoms with van der Waals surface area (Å²) in [4.78, 5) is 0. The lowest BCUT2D eigenvalue weighted by molar-refractivity contribution is 0.715. The molecule has 90 valence electrons. The Hall–Kier alpha value is -0.490. The smallest absolute Gasteiger partial charge is 0.148 e. The highest BCUT2D eigenvalue weighted by molar-refractivity contribution is 9.10. The van der Waals surface area contributed by atoms with E-state index in [1.165, 1.54) is 0 Å². The van der Waals surface area contributed by atoms with Gasteiger partial charge in [-0.25, -0.2) is 0 Å². The van der Waals surface area contributed by atoms with E-state index in [9.17, 15) is 0 Å². The van der Waals surface area contributed by atoms with Gasteiger partial charge < -0.3 is 5.32 Å². The van der Waals surface area contributed by atoms with Gasteiger partial charge in [-0.05, 0) is 24.7 Å². The molecule has 0 unspecified atom stereocenters. The highest BCUT2D eigenvalue weighted by atomic mass is 79.9. The third-order valence-electron chi connectivity index (χ3n) is 2.15. The van der Waals surface area contributed by atoms with Gasteiger partial charge in [0.2, 0.25) is 0 Å². The van der Waals surface area contributed by atoms with Crippen molar-refractivity contribution < 1.29 is 0 Å². The summed E-state index contributed by atoms with van der Waals surface area (Å²) in [5.41, 5.74) is 1.02. The number of rotatable bonds is 4. The molecule has 0 saturated heterocycles. The van der Waals surface area contributed by atoms with Crippen molar-refractivity contribution in [3.63, 3.8) is 0 Å². The monoisotopic (exact) mass is 331 g/mol. The molecule has 0 aliphatic carbocycles. The first-order chi connectivity index (χ1) is 8.20. The normalized spacial score (nSPS) is 10.8. The lowest BCUT2D eigenvalue weighted by Gasteiger charge is -1.99. The zero-order chi connectivity index (χ0) is 12.3. The molecule has 2 rings (SSSR count). The Bertz CT molecular complexity index is 515. The number of halogens is 2. The summed E-state index contributed by atoms with van der Waals surface area (Å²) in [5, 5.41) is 14.2. The first kappa shape index (κ1) is 13.0. The predicted molar refractivity (Wildman–Crippen MR) is 75.4 cm³/mol. The van der Waals surface area contributed by atoms with Gasteiger partial charge in [-0.3, -0.25) is 0 Å². The zero-order valence-corrected chi connectivity index (χ0v) is 12.4. The Balaban J connectivity index is 2.24. The van der Waals surface area contributed by atoms with Gasteiger partial charge in [-0.15, -0.1) is 10.2 Å². The van der Waals surface area contributed by atoms with E-state index < -0.39 is 0 Å². The maximum atomic E-state index is 5.91. The Kier molecular flexibility index (Phi) is 4.50. The largest absolute Gasteiger partial charge is 0.311 e. The summed E-state index contributed by atoms with van der Waals surface area (Å²) >= 11 is 11.0. The molecule has 0 radical (unpaired) electrons. The van der Waals surface area contributed by atoms with Crippen molar-refractivity contribution in [1.82, 2.24) is 15.5 Å². The molecule has 1 N–H and O–H groups in total. The number of hydrogen-bond donors (Lipinski definition) is 1. The standard InChI is InChI=1S/C11H11BrClN3S/c1-2-14-6-10-15-16-11(17-10)8-4-3-7(13)5-9(8)12/h3-5,14H,2,6H2,1H3. The van der Waals surface area contributed by atoms with E-state index in [4.69, 9.17) is 11.6 Å². The number of hydrogen-bond acceptors (Lipinski definition) is 4. The predicted octanol–water partition coefficient (Wildman–Crippen LogP) is 3.73. The highest BCUT2D eigenvalue weighted by Gasteiger charge is 2.09. The second-order valence-electron chi connectivity index (χ2n) is 3.41. The fourth-order valence-corrected chi connectivity index (χ4v) is 3.18. The first-order valence-electron chi connectivity index (χ1n) is 5.19. The van der Waals surface area contributed by atoms with Gasteiger partial charge in [0.15, 0.2) is 0 Å². The summed E-state index contributed by atoms with van der Waals surface area (Å²) in [6.07, 6.45) is 0. The molecule has 2 aromatic rings. The number of nitrogens with zero attached hydrogens (tertiary/aromatic N) is 2. The van der Waals surface area contributed by atoms with Crippen LogP contribution >= 0.6 is 38.9 Å². The summed E-state index contributed by atoms with van der Waals surface area (Å²) in [5.74, 6) is 0. The van der Waals surface area contributed by atoms with Gasteiger partial charge in [0.05, 0.1) is 0 Å². The molecule has 17 heavy (non-hydrogen) atoms. The molecule has 0 saturated carbocycles. The number of aromatic nitrogens is 2. The molecule has 1 aromatic carbocycles. The van der Waals surface area contributed by atoms with Crippen molar-refractivity contribution in [1.29, 1.82) is 0 Å². The average molecular weight is 333 g/mol. The number of benzene rings is 1. The van der Waals surface area contributed by atoms with Gasteiger partial charge >= 0.3 is 0 Å². The van der Waals surface area contributed by atoms with E-state index in [1.54, 1.807) is 11.3 Å². The zero-order valence-electron chi connectivity index (χ0n) is 9.20. The van der Waals surface area contributed by atoms with Crippen LogP contribution in [0.15, 0.2) is 22.7 Å². The molecule has 0 fully saturated rings.